The number of nitrogens with zero attached hydrogens (tertiary/aromatic N) is 2. The number of benzene rings is 1. The molecule has 0 spiro atoms. The average molecular weight is 342 g/mol. The SMILES string of the molecule is COC(C(=O)N(C)c1c(C)noc1C)c1ccccc1C(F)(F)F. The third-order valence-corrected chi connectivity index (χ3v) is 3.67. The van der Waals surface area contributed by atoms with Crippen molar-refractivity contribution in [2.24, 2.45) is 0 Å². The molecule has 0 fully saturated rings. The number of ether oxygens (including phenoxy) is 1. The molecule has 1 atom stereocenters. The highest BCUT2D eigenvalue weighted by Gasteiger charge is 2.38. The van der Waals surface area contributed by atoms with Crippen LogP contribution in [0.2, 0.25) is 0 Å². The van der Waals surface area contributed by atoms with Crippen LogP contribution >= 0.6 is 0 Å². The Morgan fingerprint density at radius 3 is 2.42 bits per heavy atom. The van der Waals surface area contributed by atoms with E-state index in [0.717, 1.165) is 6.07 Å². The summed E-state index contributed by atoms with van der Waals surface area (Å²) < 4.78 is 49.7. The molecule has 8 heteroatoms. The molecule has 0 aliphatic heterocycles. The molecule has 24 heavy (non-hydrogen) atoms. The van der Waals surface area contributed by atoms with Gasteiger partial charge in [-0.25, -0.2) is 0 Å². The molecule has 1 unspecified atom stereocenters. The predicted octanol–water partition coefficient (Wildman–Crippen LogP) is 3.66. The highest BCUT2D eigenvalue weighted by atomic mass is 19.4. The highest BCUT2D eigenvalue weighted by molar-refractivity contribution is 5.97. The van der Waals surface area contributed by atoms with Crippen molar-refractivity contribution < 1.29 is 27.2 Å². The molecule has 0 saturated heterocycles. The molecule has 1 aromatic carbocycles. The molecule has 5 nitrogen and oxygen atoms in total. The predicted molar refractivity (Wildman–Crippen MR) is 80.6 cm³/mol. The van der Waals surface area contributed by atoms with Crippen LogP contribution in [0.3, 0.4) is 0 Å². The van der Waals surface area contributed by atoms with Gasteiger partial charge in [0, 0.05) is 19.7 Å². The summed E-state index contributed by atoms with van der Waals surface area (Å²) in [7, 11) is 2.63. The monoisotopic (exact) mass is 342 g/mol. The number of carbonyl (C=O) groups excluding carboxylic acids is 1. The van der Waals surface area contributed by atoms with Crippen molar-refractivity contribution in [2.45, 2.75) is 26.1 Å². The van der Waals surface area contributed by atoms with Gasteiger partial charge in [-0.3, -0.25) is 4.79 Å². The van der Waals surface area contributed by atoms with Crippen LogP contribution in [0.1, 0.15) is 28.7 Å². The minimum Gasteiger partial charge on any atom is -0.367 e. The zero-order valence-electron chi connectivity index (χ0n) is 13.6. The number of likely N-dealkylation sites (N-methyl/N-ethyl adjacent to an activating group) is 1. The number of aryl methyl sites for hydroxylation is 2. The summed E-state index contributed by atoms with van der Waals surface area (Å²) in [5.74, 6) is -0.258. The first-order valence-corrected chi connectivity index (χ1v) is 7.07. The fourth-order valence-corrected chi connectivity index (χ4v) is 2.59. The fourth-order valence-electron chi connectivity index (χ4n) is 2.59. The van der Waals surface area contributed by atoms with E-state index in [4.69, 9.17) is 9.26 Å². The Morgan fingerprint density at radius 1 is 1.29 bits per heavy atom. The summed E-state index contributed by atoms with van der Waals surface area (Å²) in [5, 5.41) is 3.74. The first-order chi connectivity index (χ1) is 11.2. The molecule has 1 amide bonds. The van der Waals surface area contributed by atoms with Crippen molar-refractivity contribution in [3.63, 3.8) is 0 Å². The topological polar surface area (TPSA) is 55.6 Å². The minimum absolute atomic E-state index is 0.240. The zero-order chi connectivity index (χ0) is 18.1. The Balaban J connectivity index is 2.44. The number of hydrogen-bond acceptors (Lipinski definition) is 4. The molecule has 2 rings (SSSR count). The van der Waals surface area contributed by atoms with Gasteiger partial charge in [0.15, 0.2) is 11.9 Å². The van der Waals surface area contributed by atoms with Crippen molar-refractivity contribution in [1.82, 2.24) is 5.16 Å². The third-order valence-electron chi connectivity index (χ3n) is 3.67. The van der Waals surface area contributed by atoms with Gasteiger partial charge in [0.1, 0.15) is 11.4 Å². The molecule has 0 bridgehead atoms. The van der Waals surface area contributed by atoms with Gasteiger partial charge in [0.05, 0.1) is 5.56 Å². The number of alkyl halides is 3. The second kappa shape index (κ2) is 6.64. The first-order valence-electron chi connectivity index (χ1n) is 7.07. The smallest absolute Gasteiger partial charge is 0.367 e. The van der Waals surface area contributed by atoms with Gasteiger partial charge < -0.3 is 14.2 Å². The lowest BCUT2D eigenvalue weighted by molar-refractivity contribution is -0.140. The quantitative estimate of drug-likeness (QED) is 0.851. The Hall–Kier alpha value is -2.35. The molecule has 0 aliphatic carbocycles. The minimum atomic E-state index is -4.59. The van der Waals surface area contributed by atoms with Crippen LogP contribution in [0.25, 0.3) is 0 Å². The summed E-state index contributed by atoms with van der Waals surface area (Å²) in [6.07, 6.45) is -5.99. The number of carbonyl (C=O) groups is 1. The number of hydrogen-bond donors (Lipinski definition) is 0. The van der Waals surface area contributed by atoms with Gasteiger partial charge in [-0.2, -0.15) is 13.2 Å². The molecule has 1 aromatic heterocycles. The number of halogens is 3. The van der Waals surface area contributed by atoms with Crippen molar-refractivity contribution in [3.8, 4) is 0 Å². The summed E-state index contributed by atoms with van der Waals surface area (Å²) >= 11 is 0. The molecule has 0 radical (unpaired) electrons. The van der Waals surface area contributed by atoms with Crippen molar-refractivity contribution in [1.29, 1.82) is 0 Å². The van der Waals surface area contributed by atoms with Gasteiger partial charge in [0.2, 0.25) is 0 Å². The van der Waals surface area contributed by atoms with Crippen molar-refractivity contribution >= 4 is 11.6 Å². The largest absolute Gasteiger partial charge is 0.416 e. The van der Waals surface area contributed by atoms with E-state index in [-0.39, 0.29) is 5.56 Å². The van der Waals surface area contributed by atoms with Gasteiger partial charge in [-0.05, 0) is 19.9 Å². The highest BCUT2D eigenvalue weighted by Crippen LogP contribution is 2.36. The Morgan fingerprint density at radius 2 is 1.92 bits per heavy atom. The van der Waals surface area contributed by atoms with Gasteiger partial charge in [-0.1, -0.05) is 23.4 Å². The molecule has 0 aliphatic rings. The lowest BCUT2D eigenvalue weighted by Gasteiger charge is -2.25. The maximum Gasteiger partial charge on any atom is 0.416 e. The van der Waals surface area contributed by atoms with E-state index in [1.807, 2.05) is 0 Å². The summed E-state index contributed by atoms with van der Waals surface area (Å²) in [4.78, 5) is 13.9. The number of methoxy groups -OCH3 is 1. The maximum atomic E-state index is 13.2. The van der Waals surface area contributed by atoms with E-state index >= 15 is 0 Å². The summed E-state index contributed by atoms with van der Waals surface area (Å²) in [6, 6.07) is 4.85. The molecular weight excluding hydrogens is 325 g/mol. The fraction of sp³-hybridized carbons (Fsp3) is 0.375. The van der Waals surface area contributed by atoms with E-state index in [0.29, 0.717) is 17.1 Å². The number of amides is 1. The van der Waals surface area contributed by atoms with Crippen LogP contribution < -0.4 is 4.90 Å². The Bertz CT molecular complexity index is 721. The van der Waals surface area contributed by atoms with E-state index < -0.39 is 23.8 Å². The molecule has 0 N–H and O–H groups in total. The van der Waals surface area contributed by atoms with Crippen LogP contribution in [0.4, 0.5) is 18.9 Å². The van der Waals surface area contributed by atoms with Crippen LogP contribution in [0.15, 0.2) is 28.8 Å². The lowest BCUT2D eigenvalue weighted by Crippen LogP contribution is -2.34. The van der Waals surface area contributed by atoms with Gasteiger partial charge in [-0.15, -0.1) is 0 Å². The third kappa shape index (κ3) is 3.28. The molecular formula is C16H17F3N2O3. The Kier molecular flexibility index (Phi) is 4.98. The van der Waals surface area contributed by atoms with Crippen LogP contribution in [0, 0.1) is 13.8 Å². The van der Waals surface area contributed by atoms with E-state index in [2.05, 4.69) is 5.16 Å². The number of anilines is 1. The van der Waals surface area contributed by atoms with E-state index in [9.17, 15) is 18.0 Å². The lowest BCUT2D eigenvalue weighted by atomic mass is 10.0. The number of rotatable bonds is 4. The number of aromatic nitrogens is 1. The van der Waals surface area contributed by atoms with Crippen molar-refractivity contribution in [3.05, 3.63) is 46.8 Å². The van der Waals surface area contributed by atoms with Crippen LogP contribution in [0.5, 0.6) is 0 Å². The molecule has 130 valence electrons. The van der Waals surface area contributed by atoms with Crippen LogP contribution in [-0.4, -0.2) is 25.2 Å². The molecule has 2 aromatic rings. The van der Waals surface area contributed by atoms with Crippen LogP contribution in [-0.2, 0) is 15.7 Å². The van der Waals surface area contributed by atoms with Gasteiger partial charge >= 0.3 is 6.18 Å². The Labute approximate surface area is 137 Å². The molecule has 1 heterocycles. The summed E-state index contributed by atoms with van der Waals surface area (Å²) in [6.45, 7) is 3.26. The average Bonchev–Trinajstić information content (AvgIpc) is 2.85. The van der Waals surface area contributed by atoms with Crippen molar-refractivity contribution in [2.75, 3.05) is 19.1 Å². The van der Waals surface area contributed by atoms with E-state index in [1.54, 1.807) is 13.8 Å². The first kappa shape index (κ1) is 18.0. The summed E-state index contributed by atoms with van der Waals surface area (Å²) in [5.41, 5.74) is -0.276. The molecule has 0 saturated carbocycles. The standard InChI is InChI=1S/C16H17F3N2O3/c1-9-13(10(2)24-20-9)21(3)15(22)14(23-4)11-7-5-6-8-12(11)16(17,18)19/h5-8,14H,1-4H3. The maximum absolute atomic E-state index is 13.2. The second-order valence-electron chi connectivity index (χ2n) is 5.27. The second-order valence-corrected chi connectivity index (χ2v) is 5.27. The van der Waals surface area contributed by atoms with Gasteiger partial charge in [0.25, 0.3) is 5.91 Å². The zero-order valence-corrected chi connectivity index (χ0v) is 13.6. The normalized spacial score (nSPS) is 13.0. The van der Waals surface area contributed by atoms with E-state index in [1.165, 1.54) is 37.3 Å².